The van der Waals surface area contributed by atoms with Crippen LogP contribution in [0.25, 0.3) is 0 Å². The summed E-state index contributed by atoms with van der Waals surface area (Å²) in [5.41, 5.74) is 1.91. The molecule has 0 atom stereocenters. The minimum Gasteiger partial charge on any atom is -0.293 e. The highest BCUT2D eigenvalue weighted by Gasteiger charge is 2.24. The zero-order valence-corrected chi connectivity index (χ0v) is 12.2. The molecule has 0 N–H and O–H groups in total. The summed E-state index contributed by atoms with van der Waals surface area (Å²) in [6, 6.07) is 20.5. The van der Waals surface area contributed by atoms with E-state index in [2.05, 4.69) is 0 Å². The standard InChI is InChI=1S/C20H14F2O/c21-17-10-6-14(7-11-17)19(15-8-12-18(22)13-9-15)20(23)16-4-2-1-3-5-16/h1-13,19H. The second-order valence-corrected chi connectivity index (χ2v) is 5.27. The van der Waals surface area contributed by atoms with Gasteiger partial charge in [0, 0.05) is 5.56 Å². The lowest BCUT2D eigenvalue weighted by Gasteiger charge is -2.17. The third-order valence-electron chi connectivity index (χ3n) is 3.73. The highest BCUT2D eigenvalue weighted by molar-refractivity contribution is 6.03. The average molecular weight is 308 g/mol. The van der Waals surface area contributed by atoms with E-state index in [9.17, 15) is 13.6 Å². The van der Waals surface area contributed by atoms with E-state index in [1.807, 2.05) is 6.07 Å². The van der Waals surface area contributed by atoms with E-state index in [4.69, 9.17) is 0 Å². The van der Waals surface area contributed by atoms with Crippen molar-refractivity contribution in [3.05, 3.63) is 107 Å². The molecule has 0 saturated carbocycles. The molecule has 1 nitrogen and oxygen atoms in total. The molecule has 0 fully saturated rings. The molecule has 0 aliphatic heterocycles. The first kappa shape index (κ1) is 15.1. The van der Waals surface area contributed by atoms with Crippen molar-refractivity contribution in [1.29, 1.82) is 0 Å². The van der Waals surface area contributed by atoms with Crippen LogP contribution in [0.2, 0.25) is 0 Å². The van der Waals surface area contributed by atoms with Gasteiger partial charge in [0.05, 0.1) is 5.92 Å². The number of Topliss-reactive ketones (excluding diaryl/α,β-unsaturated/α-hetero) is 1. The zero-order valence-electron chi connectivity index (χ0n) is 12.2. The Morgan fingerprint density at radius 3 is 1.52 bits per heavy atom. The summed E-state index contributed by atoms with van der Waals surface area (Å²) in [5.74, 6) is -1.43. The number of hydrogen-bond donors (Lipinski definition) is 0. The van der Waals surface area contributed by atoms with Gasteiger partial charge in [-0.25, -0.2) is 8.78 Å². The predicted molar refractivity (Wildman–Crippen MR) is 85.4 cm³/mol. The van der Waals surface area contributed by atoms with Crippen molar-refractivity contribution in [2.75, 3.05) is 0 Å². The minimum atomic E-state index is -0.599. The van der Waals surface area contributed by atoms with Gasteiger partial charge in [0.1, 0.15) is 11.6 Å². The van der Waals surface area contributed by atoms with Gasteiger partial charge in [0.15, 0.2) is 5.78 Å². The molecule has 0 aliphatic carbocycles. The Labute approximate surface area is 133 Å². The Hall–Kier alpha value is -2.81. The molecule has 114 valence electrons. The number of ketones is 1. The highest BCUT2D eigenvalue weighted by Crippen LogP contribution is 2.29. The van der Waals surface area contributed by atoms with E-state index in [-0.39, 0.29) is 17.4 Å². The molecule has 0 amide bonds. The number of benzene rings is 3. The van der Waals surface area contributed by atoms with E-state index < -0.39 is 5.92 Å². The summed E-state index contributed by atoms with van der Waals surface area (Å²) in [4.78, 5) is 12.9. The van der Waals surface area contributed by atoms with E-state index in [0.29, 0.717) is 16.7 Å². The molecule has 23 heavy (non-hydrogen) atoms. The topological polar surface area (TPSA) is 17.1 Å². The van der Waals surface area contributed by atoms with Crippen molar-refractivity contribution in [3.8, 4) is 0 Å². The van der Waals surface area contributed by atoms with E-state index >= 15 is 0 Å². The summed E-state index contributed by atoms with van der Waals surface area (Å²) in [7, 11) is 0. The molecule has 0 heterocycles. The van der Waals surface area contributed by atoms with Gasteiger partial charge in [-0.2, -0.15) is 0 Å². The van der Waals surface area contributed by atoms with Crippen LogP contribution in [0.1, 0.15) is 27.4 Å². The largest absolute Gasteiger partial charge is 0.293 e. The Morgan fingerprint density at radius 2 is 1.09 bits per heavy atom. The molecule has 3 rings (SSSR count). The molecule has 3 aromatic rings. The van der Waals surface area contributed by atoms with Crippen LogP contribution in [0.4, 0.5) is 8.78 Å². The second kappa shape index (κ2) is 6.53. The van der Waals surface area contributed by atoms with Crippen molar-refractivity contribution in [2.24, 2.45) is 0 Å². The lowest BCUT2D eigenvalue weighted by Crippen LogP contribution is -2.14. The smallest absolute Gasteiger partial charge is 0.174 e. The van der Waals surface area contributed by atoms with Crippen LogP contribution in [0.15, 0.2) is 78.9 Å². The Bertz CT molecular complexity index is 748. The van der Waals surface area contributed by atoms with Gasteiger partial charge in [-0.15, -0.1) is 0 Å². The van der Waals surface area contributed by atoms with Gasteiger partial charge in [0.25, 0.3) is 0 Å². The molecule has 0 unspecified atom stereocenters. The van der Waals surface area contributed by atoms with Crippen molar-refractivity contribution in [3.63, 3.8) is 0 Å². The first-order chi connectivity index (χ1) is 11.1. The summed E-state index contributed by atoms with van der Waals surface area (Å²) in [5, 5.41) is 0. The first-order valence-electron chi connectivity index (χ1n) is 7.25. The first-order valence-corrected chi connectivity index (χ1v) is 7.25. The zero-order chi connectivity index (χ0) is 16.2. The maximum atomic E-state index is 13.2. The molecular weight excluding hydrogens is 294 g/mol. The third-order valence-corrected chi connectivity index (χ3v) is 3.73. The third kappa shape index (κ3) is 3.34. The van der Waals surface area contributed by atoms with Crippen molar-refractivity contribution in [1.82, 2.24) is 0 Å². The fourth-order valence-corrected chi connectivity index (χ4v) is 2.57. The van der Waals surface area contributed by atoms with Gasteiger partial charge in [0.2, 0.25) is 0 Å². The van der Waals surface area contributed by atoms with E-state index in [1.54, 1.807) is 48.5 Å². The van der Waals surface area contributed by atoms with Gasteiger partial charge in [-0.1, -0.05) is 54.6 Å². The van der Waals surface area contributed by atoms with E-state index in [0.717, 1.165) is 0 Å². The molecular formula is C20H14F2O. The lowest BCUT2D eigenvalue weighted by atomic mass is 9.85. The quantitative estimate of drug-likeness (QED) is 0.621. The number of carbonyl (C=O) groups is 1. The maximum absolute atomic E-state index is 13.2. The van der Waals surface area contributed by atoms with Crippen LogP contribution < -0.4 is 0 Å². The molecule has 3 heteroatoms. The Balaban J connectivity index is 2.08. The lowest BCUT2D eigenvalue weighted by molar-refractivity contribution is 0.0974. The highest BCUT2D eigenvalue weighted by atomic mass is 19.1. The van der Waals surface area contributed by atoms with Crippen LogP contribution in [-0.4, -0.2) is 5.78 Å². The Morgan fingerprint density at radius 1 is 0.652 bits per heavy atom. The minimum absolute atomic E-state index is 0.108. The average Bonchev–Trinajstić information content (AvgIpc) is 2.59. The molecule has 0 saturated heterocycles. The normalized spacial score (nSPS) is 10.7. The molecule has 0 bridgehead atoms. The second-order valence-electron chi connectivity index (χ2n) is 5.27. The molecule has 3 aromatic carbocycles. The van der Waals surface area contributed by atoms with Gasteiger partial charge in [-0.3, -0.25) is 4.79 Å². The van der Waals surface area contributed by atoms with Crippen LogP contribution in [0.3, 0.4) is 0 Å². The van der Waals surface area contributed by atoms with Crippen molar-refractivity contribution >= 4 is 5.78 Å². The number of halogens is 2. The number of carbonyl (C=O) groups excluding carboxylic acids is 1. The molecule has 0 spiro atoms. The Kier molecular flexibility index (Phi) is 4.29. The molecule has 0 aliphatic rings. The molecule has 0 aromatic heterocycles. The van der Waals surface area contributed by atoms with Crippen LogP contribution in [0.5, 0.6) is 0 Å². The molecule has 0 radical (unpaired) electrons. The van der Waals surface area contributed by atoms with Crippen LogP contribution >= 0.6 is 0 Å². The summed E-state index contributed by atoms with van der Waals surface area (Å²) in [6.07, 6.45) is 0. The van der Waals surface area contributed by atoms with Crippen molar-refractivity contribution < 1.29 is 13.6 Å². The number of hydrogen-bond acceptors (Lipinski definition) is 1. The summed E-state index contributed by atoms with van der Waals surface area (Å²) < 4.78 is 26.4. The SMILES string of the molecule is O=C(c1ccccc1)C(c1ccc(F)cc1)c1ccc(F)cc1. The van der Waals surface area contributed by atoms with Crippen LogP contribution in [0, 0.1) is 11.6 Å². The van der Waals surface area contributed by atoms with Crippen LogP contribution in [-0.2, 0) is 0 Å². The van der Waals surface area contributed by atoms with Gasteiger partial charge >= 0.3 is 0 Å². The van der Waals surface area contributed by atoms with E-state index in [1.165, 1.54) is 24.3 Å². The maximum Gasteiger partial charge on any atom is 0.174 e. The fraction of sp³-hybridized carbons (Fsp3) is 0.0500. The fourth-order valence-electron chi connectivity index (χ4n) is 2.57. The van der Waals surface area contributed by atoms with Gasteiger partial charge < -0.3 is 0 Å². The summed E-state index contributed by atoms with van der Waals surface area (Å²) in [6.45, 7) is 0. The van der Waals surface area contributed by atoms with Crippen molar-refractivity contribution in [2.45, 2.75) is 5.92 Å². The monoisotopic (exact) mass is 308 g/mol. The summed E-state index contributed by atoms with van der Waals surface area (Å²) >= 11 is 0. The van der Waals surface area contributed by atoms with Gasteiger partial charge in [-0.05, 0) is 35.4 Å². The predicted octanol–water partition coefficient (Wildman–Crippen LogP) is 4.98. The number of rotatable bonds is 4.